The molecule has 118 valence electrons. The van der Waals surface area contributed by atoms with E-state index in [1.54, 1.807) is 0 Å². The maximum absolute atomic E-state index is 11.8. The first-order valence-electron chi connectivity index (χ1n) is 8.00. The van der Waals surface area contributed by atoms with E-state index in [-0.39, 0.29) is 11.9 Å². The van der Waals surface area contributed by atoms with Gasteiger partial charge in [-0.2, -0.15) is 0 Å². The predicted octanol–water partition coefficient (Wildman–Crippen LogP) is 2.42. The molecule has 0 bridgehead atoms. The van der Waals surface area contributed by atoms with E-state index in [1.807, 2.05) is 19.1 Å². The maximum atomic E-state index is 11.8. The molecule has 0 N–H and O–H groups in total. The highest BCUT2D eigenvalue weighted by Crippen LogP contribution is 2.20. The largest absolute Gasteiger partial charge is 0.466 e. The molecular formula is C17H23N3O2. The van der Waals surface area contributed by atoms with Crippen LogP contribution >= 0.6 is 0 Å². The van der Waals surface area contributed by atoms with Crippen molar-refractivity contribution in [2.45, 2.75) is 33.2 Å². The van der Waals surface area contributed by atoms with Crippen molar-refractivity contribution in [1.82, 2.24) is 14.3 Å². The van der Waals surface area contributed by atoms with E-state index in [4.69, 9.17) is 4.74 Å². The number of pyridine rings is 1. The van der Waals surface area contributed by atoms with Gasteiger partial charge in [0.25, 0.3) is 0 Å². The molecule has 3 rings (SSSR count). The molecule has 0 aliphatic carbocycles. The van der Waals surface area contributed by atoms with Gasteiger partial charge in [-0.25, -0.2) is 4.98 Å². The molecule has 0 radical (unpaired) electrons. The molecule has 0 atom stereocenters. The Morgan fingerprint density at radius 1 is 1.36 bits per heavy atom. The van der Waals surface area contributed by atoms with Crippen LogP contribution in [0.15, 0.2) is 24.4 Å². The van der Waals surface area contributed by atoms with Gasteiger partial charge in [-0.05, 0) is 51.9 Å². The monoisotopic (exact) mass is 301 g/mol. The summed E-state index contributed by atoms with van der Waals surface area (Å²) >= 11 is 0. The number of ether oxygens (including phenoxy) is 1. The zero-order valence-corrected chi connectivity index (χ0v) is 13.3. The fraction of sp³-hybridized carbons (Fsp3) is 0.529. The number of hydrogen-bond donors (Lipinski definition) is 0. The summed E-state index contributed by atoms with van der Waals surface area (Å²) in [5.74, 6) is 0.0324. The second-order valence-electron chi connectivity index (χ2n) is 5.93. The smallest absolute Gasteiger partial charge is 0.309 e. The van der Waals surface area contributed by atoms with Crippen LogP contribution in [0.5, 0.6) is 0 Å². The zero-order valence-electron chi connectivity index (χ0n) is 13.3. The highest BCUT2D eigenvalue weighted by molar-refractivity contribution is 5.72. The minimum Gasteiger partial charge on any atom is -0.466 e. The van der Waals surface area contributed by atoms with Crippen molar-refractivity contribution < 1.29 is 9.53 Å². The first-order chi connectivity index (χ1) is 10.7. The molecule has 0 saturated carbocycles. The lowest BCUT2D eigenvalue weighted by atomic mass is 9.97. The average Bonchev–Trinajstić information content (AvgIpc) is 2.92. The van der Waals surface area contributed by atoms with Crippen LogP contribution in [0.4, 0.5) is 0 Å². The van der Waals surface area contributed by atoms with Crippen molar-refractivity contribution in [2.75, 3.05) is 19.7 Å². The van der Waals surface area contributed by atoms with E-state index < -0.39 is 0 Å². The van der Waals surface area contributed by atoms with Gasteiger partial charge < -0.3 is 9.14 Å². The van der Waals surface area contributed by atoms with Gasteiger partial charge in [0.15, 0.2) is 0 Å². The standard InChI is InChI=1S/C17H23N3O2/c1-3-22-17(21)14-7-9-19(10-8-14)11-15-12-20-13(2)5-4-6-16(20)18-15/h4-6,12,14H,3,7-11H2,1-2H3. The summed E-state index contributed by atoms with van der Waals surface area (Å²) in [5.41, 5.74) is 3.28. The van der Waals surface area contributed by atoms with Crippen molar-refractivity contribution in [1.29, 1.82) is 0 Å². The quantitative estimate of drug-likeness (QED) is 0.814. The number of esters is 1. The van der Waals surface area contributed by atoms with E-state index >= 15 is 0 Å². The Hall–Kier alpha value is -1.88. The minimum atomic E-state index is -0.0366. The van der Waals surface area contributed by atoms with Crippen LogP contribution in [0.3, 0.4) is 0 Å². The third-order valence-electron chi connectivity index (χ3n) is 4.34. The lowest BCUT2D eigenvalue weighted by Gasteiger charge is -2.30. The third-order valence-corrected chi connectivity index (χ3v) is 4.34. The number of aromatic nitrogens is 2. The van der Waals surface area contributed by atoms with Gasteiger partial charge in [-0.3, -0.25) is 9.69 Å². The Morgan fingerprint density at radius 3 is 2.82 bits per heavy atom. The highest BCUT2D eigenvalue weighted by atomic mass is 16.5. The summed E-state index contributed by atoms with van der Waals surface area (Å²) in [4.78, 5) is 18.8. The van der Waals surface area contributed by atoms with Gasteiger partial charge in [0, 0.05) is 18.4 Å². The van der Waals surface area contributed by atoms with Gasteiger partial charge in [0.1, 0.15) is 5.65 Å². The Labute approximate surface area is 130 Å². The van der Waals surface area contributed by atoms with Crippen molar-refractivity contribution in [3.8, 4) is 0 Å². The molecule has 2 aromatic heterocycles. The van der Waals surface area contributed by atoms with Crippen LogP contribution in [0.1, 0.15) is 31.2 Å². The van der Waals surface area contributed by atoms with Crippen LogP contribution in [0, 0.1) is 12.8 Å². The van der Waals surface area contributed by atoms with Crippen LogP contribution < -0.4 is 0 Å². The molecular weight excluding hydrogens is 278 g/mol. The molecule has 1 aliphatic rings. The van der Waals surface area contributed by atoms with E-state index in [0.29, 0.717) is 6.61 Å². The van der Waals surface area contributed by atoms with E-state index in [1.165, 1.54) is 5.69 Å². The lowest BCUT2D eigenvalue weighted by molar-refractivity contribution is -0.149. The van der Waals surface area contributed by atoms with Crippen LogP contribution in [0.25, 0.3) is 5.65 Å². The Morgan fingerprint density at radius 2 is 2.14 bits per heavy atom. The summed E-state index contributed by atoms with van der Waals surface area (Å²) in [6.45, 7) is 7.12. The van der Waals surface area contributed by atoms with Crippen molar-refractivity contribution in [3.05, 3.63) is 35.8 Å². The van der Waals surface area contributed by atoms with Crippen molar-refractivity contribution in [3.63, 3.8) is 0 Å². The third kappa shape index (κ3) is 3.14. The molecule has 3 heterocycles. The minimum absolute atomic E-state index is 0.0366. The molecule has 5 nitrogen and oxygen atoms in total. The lowest BCUT2D eigenvalue weighted by Crippen LogP contribution is -2.36. The Balaban J connectivity index is 1.60. The average molecular weight is 301 g/mol. The van der Waals surface area contributed by atoms with Gasteiger partial charge >= 0.3 is 5.97 Å². The molecule has 1 saturated heterocycles. The van der Waals surface area contributed by atoms with E-state index in [9.17, 15) is 4.79 Å². The number of imidazole rings is 1. The van der Waals surface area contributed by atoms with E-state index in [2.05, 4.69) is 33.5 Å². The van der Waals surface area contributed by atoms with Gasteiger partial charge in [-0.1, -0.05) is 6.07 Å². The summed E-state index contributed by atoms with van der Waals surface area (Å²) in [7, 11) is 0. The van der Waals surface area contributed by atoms with Gasteiger partial charge in [-0.15, -0.1) is 0 Å². The molecule has 0 amide bonds. The van der Waals surface area contributed by atoms with Crippen molar-refractivity contribution >= 4 is 11.6 Å². The molecule has 0 spiro atoms. The predicted molar refractivity (Wildman–Crippen MR) is 84.6 cm³/mol. The summed E-state index contributed by atoms with van der Waals surface area (Å²) in [5, 5.41) is 0. The number of likely N-dealkylation sites (tertiary alicyclic amines) is 1. The summed E-state index contributed by atoms with van der Waals surface area (Å²) in [6, 6.07) is 6.15. The molecule has 1 fully saturated rings. The molecule has 22 heavy (non-hydrogen) atoms. The normalized spacial score (nSPS) is 17.0. The Bertz CT molecular complexity index is 657. The second-order valence-corrected chi connectivity index (χ2v) is 5.93. The first kappa shape index (κ1) is 15.0. The molecule has 5 heteroatoms. The fourth-order valence-electron chi connectivity index (χ4n) is 3.09. The van der Waals surface area contributed by atoms with Crippen LogP contribution in [-0.4, -0.2) is 40.0 Å². The topological polar surface area (TPSA) is 46.8 Å². The van der Waals surface area contributed by atoms with Gasteiger partial charge in [0.05, 0.1) is 18.2 Å². The van der Waals surface area contributed by atoms with Crippen LogP contribution in [0.2, 0.25) is 0 Å². The number of carbonyl (C=O) groups is 1. The second kappa shape index (κ2) is 6.48. The molecule has 0 unspecified atom stereocenters. The number of hydrogen-bond acceptors (Lipinski definition) is 4. The van der Waals surface area contributed by atoms with Crippen molar-refractivity contribution in [2.24, 2.45) is 5.92 Å². The van der Waals surface area contributed by atoms with E-state index in [0.717, 1.165) is 43.8 Å². The first-order valence-corrected chi connectivity index (χ1v) is 8.00. The SMILES string of the molecule is CCOC(=O)C1CCN(Cc2cn3c(C)cccc3n2)CC1. The molecule has 0 aromatic carbocycles. The number of rotatable bonds is 4. The fourth-order valence-corrected chi connectivity index (χ4v) is 3.09. The summed E-state index contributed by atoms with van der Waals surface area (Å²) in [6.07, 6.45) is 3.87. The molecule has 1 aliphatic heterocycles. The summed E-state index contributed by atoms with van der Waals surface area (Å²) < 4.78 is 7.24. The number of fused-ring (bicyclic) bond motifs is 1. The highest BCUT2D eigenvalue weighted by Gasteiger charge is 2.26. The zero-order chi connectivity index (χ0) is 15.5. The number of piperidine rings is 1. The number of aryl methyl sites for hydroxylation is 1. The number of nitrogens with zero attached hydrogens (tertiary/aromatic N) is 3. The Kier molecular flexibility index (Phi) is 4.43. The molecule has 2 aromatic rings. The van der Waals surface area contributed by atoms with Crippen LogP contribution in [-0.2, 0) is 16.1 Å². The number of carbonyl (C=O) groups excluding carboxylic acids is 1. The maximum Gasteiger partial charge on any atom is 0.309 e. The van der Waals surface area contributed by atoms with Gasteiger partial charge in [0.2, 0.25) is 0 Å².